The van der Waals surface area contributed by atoms with Crippen molar-refractivity contribution < 1.29 is 9.90 Å². The van der Waals surface area contributed by atoms with E-state index < -0.39 is 5.97 Å². The number of thioether (sulfide) groups is 1. The minimum atomic E-state index is -0.824. The Morgan fingerprint density at radius 3 is 2.71 bits per heavy atom. The molecule has 4 heteroatoms. The summed E-state index contributed by atoms with van der Waals surface area (Å²) in [6.07, 6.45) is 0.827. The first-order valence-electron chi connectivity index (χ1n) is 5.88. The fourth-order valence-electron chi connectivity index (χ4n) is 2.05. The van der Waals surface area contributed by atoms with Crippen molar-refractivity contribution in [3.8, 4) is 0 Å². The second-order valence-electron chi connectivity index (χ2n) is 4.17. The highest BCUT2D eigenvalue weighted by Gasteiger charge is 2.13. The van der Waals surface area contributed by atoms with Gasteiger partial charge in [0.15, 0.2) is 0 Å². The molecule has 1 N–H and O–H groups in total. The summed E-state index contributed by atoms with van der Waals surface area (Å²) in [5.41, 5.74) is 1.39. The molecule has 92 valence electrons. The summed E-state index contributed by atoms with van der Waals surface area (Å²) in [4.78, 5) is 13.5. The third kappa shape index (κ3) is 3.48. The lowest BCUT2D eigenvalue weighted by molar-refractivity contribution is 0.0695. The average molecular weight is 251 g/mol. The van der Waals surface area contributed by atoms with Crippen molar-refractivity contribution in [2.75, 3.05) is 31.1 Å². The van der Waals surface area contributed by atoms with Gasteiger partial charge in [-0.05, 0) is 18.1 Å². The Kier molecular flexibility index (Phi) is 4.45. The molecule has 1 aromatic rings. The fourth-order valence-corrected chi connectivity index (χ4v) is 3.03. The van der Waals surface area contributed by atoms with Crippen LogP contribution in [0.2, 0.25) is 0 Å². The molecule has 1 aliphatic rings. The quantitative estimate of drug-likeness (QED) is 0.888. The molecular formula is C13H17NO2S. The molecule has 3 nitrogen and oxygen atoms in total. The maximum Gasteiger partial charge on any atom is 0.335 e. The van der Waals surface area contributed by atoms with Gasteiger partial charge in [-0.25, -0.2) is 4.79 Å². The Morgan fingerprint density at radius 1 is 1.29 bits per heavy atom. The molecule has 0 bridgehead atoms. The van der Waals surface area contributed by atoms with Gasteiger partial charge in [-0.15, -0.1) is 0 Å². The highest BCUT2D eigenvalue weighted by molar-refractivity contribution is 7.99. The van der Waals surface area contributed by atoms with Gasteiger partial charge in [0.25, 0.3) is 0 Å². The van der Waals surface area contributed by atoms with Crippen molar-refractivity contribution in [2.24, 2.45) is 0 Å². The molecule has 0 spiro atoms. The summed E-state index contributed by atoms with van der Waals surface area (Å²) in [6.45, 7) is 3.21. The average Bonchev–Trinajstić information content (AvgIpc) is 2.38. The van der Waals surface area contributed by atoms with Crippen LogP contribution in [-0.2, 0) is 6.42 Å². The third-order valence-electron chi connectivity index (χ3n) is 3.05. The van der Waals surface area contributed by atoms with E-state index in [2.05, 4.69) is 4.90 Å². The number of nitrogens with zero attached hydrogens (tertiary/aromatic N) is 1. The second kappa shape index (κ2) is 6.07. The first-order valence-corrected chi connectivity index (χ1v) is 7.04. The van der Waals surface area contributed by atoms with Crippen molar-refractivity contribution >= 4 is 17.7 Å². The third-order valence-corrected chi connectivity index (χ3v) is 3.99. The summed E-state index contributed by atoms with van der Waals surface area (Å²) in [5.74, 6) is 1.57. The van der Waals surface area contributed by atoms with E-state index >= 15 is 0 Å². The molecule has 1 aromatic carbocycles. The zero-order chi connectivity index (χ0) is 12.1. The minimum absolute atomic E-state index is 0.443. The Bertz CT molecular complexity index is 389. The largest absolute Gasteiger partial charge is 0.478 e. The van der Waals surface area contributed by atoms with Crippen molar-refractivity contribution in [2.45, 2.75) is 6.42 Å². The van der Waals surface area contributed by atoms with Gasteiger partial charge >= 0.3 is 5.97 Å². The molecule has 1 aliphatic heterocycles. The lowest BCUT2D eigenvalue weighted by Gasteiger charge is -2.26. The van der Waals surface area contributed by atoms with Crippen LogP contribution in [-0.4, -0.2) is 47.1 Å². The highest BCUT2D eigenvalue weighted by atomic mass is 32.2. The van der Waals surface area contributed by atoms with Gasteiger partial charge in [0, 0.05) is 31.1 Å². The molecule has 0 radical (unpaired) electrons. The van der Waals surface area contributed by atoms with E-state index in [-0.39, 0.29) is 0 Å². The highest BCUT2D eigenvalue weighted by Crippen LogP contribution is 2.13. The zero-order valence-corrected chi connectivity index (χ0v) is 10.6. The number of hydrogen-bond acceptors (Lipinski definition) is 3. The molecule has 1 saturated heterocycles. The summed E-state index contributed by atoms with van der Waals surface area (Å²) in [7, 11) is 0. The lowest BCUT2D eigenvalue weighted by Crippen LogP contribution is -2.34. The number of rotatable bonds is 4. The van der Waals surface area contributed by atoms with Crippen LogP contribution in [0.1, 0.15) is 15.9 Å². The van der Waals surface area contributed by atoms with E-state index in [9.17, 15) is 4.79 Å². The van der Waals surface area contributed by atoms with Gasteiger partial charge in [0.05, 0.1) is 5.56 Å². The SMILES string of the molecule is O=C(O)c1ccccc1CCN1CCSCC1. The Hall–Kier alpha value is -1.00. The number of carboxylic acids is 1. The van der Waals surface area contributed by atoms with E-state index in [0.29, 0.717) is 5.56 Å². The summed E-state index contributed by atoms with van der Waals surface area (Å²) < 4.78 is 0. The summed E-state index contributed by atoms with van der Waals surface area (Å²) in [6, 6.07) is 7.30. The van der Waals surface area contributed by atoms with Gasteiger partial charge in [-0.1, -0.05) is 18.2 Å². The molecule has 0 aromatic heterocycles. The Balaban J connectivity index is 1.96. The molecule has 2 rings (SSSR count). The second-order valence-corrected chi connectivity index (χ2v) is 5.39. The minimum Gasteiger partial charge on any atom is -0.478 e. The van der Waals surface area contributed by atoms with Crippen molar-refractivity contribution in [1.29, 1.82) is 0 Å². The maximum atomic E-state index is 11.1. The number of benzene rings is 1. The first-order chi connectivity index (χ1) is 8.27. The topological polar surface area (TPSA) is 40.5 Å². The molecule has 1 heterocycles. The van der Waals surface area contributed by atoms with E-state index in [4.69, 9.17) is 5.11 Å². The molecule has 0 unspecified atom stereocenters. The normalized spacial score (nSPS) is 16.9. The molecule has 0 aliphatic carbocycles. The number of aromatic carboxylic acids is 1. The van der Waals surface area contributed by atoms with E-state index in [1.807, 2.05) is 23.9 Å². The number of carboxylic acid groups (broad SMARTS) is 1. The number of hydrogen-bond donors (Lipinski definition) is 1. The van der Waals surface area contributed by atoms with E-state index in [0.717, 1.165) is 31.6 Å². The zero-order valence-electron chi connectivity index (χ0n) is 9.76. The Labute approximate surface area is 106 Å². The van der Waals surface area contributed by atoms with Crippen LogP contribution >= 0.6 is 11.8 Å². The van der Waals surface area contributed by atoms with Crippen LogP contribution in [0, 0.1) is 0 Å². The van der Waals surface area contributed by atoms with E-state index in [1.54, 1.807) is 12.1 Å². The van der Waals surface area contributed by atoms with E-state index in [1.165, 1.54) is 11.5 Å². The van der Waals surface area contributed by atoms with Gasteiger partial charge in [0.1, 0.15) is 0 Å². The van der Waals surface area contributed by atoms with Crippen LogP contribution in [0.3, 0.4) is 0 Å². The Morgan fingerprint density at radius 2 is 2.00 bits per heavy atom. The maximum absolute atomic E-state index is 11.1. The molecule has 0 atom stereocenters. The van der Waals surface area contributed by atoms with Crippen LogP contribution in [0.25, 0.3) is 0 Å². The smallest absolute Gasteiger partial charge is 0.335 e. The van der Waals surface area contributed by atoms with Crippen molar-refractivity contribution in [3.63, 3.8) is 0 Å². The summed E-state index contributed by atoms with van der Waals surface area (Å²) in [5, 5.41) is 9.09. The molecule has 1 fully saturated rings. The van der Waals surface area contributed by atoms with Gasteiger partial charge in [-0.3, -0.25) is 0 Å². The standard InChI is InChI=1S/C13H17NO2S/c15-13(16)12-4-2-1-3-11(12)5-6-14-7-9-17-10-8-14/h1-4H,5-10H2,(H,15,16). The number of carbonyl (C=O) groups is 1. The van der Waals surface area contributed by atoms with Gasteiger partial charge < -0.3 is 10.0 Å². The first kappa shape index (κ1) is 12.5. The predicted molar refractivity (Wildman–Crippen MR) is 70.9 cm³/mol. The lowest BCUT2D eigenvalue weighted by atomic mass is 10.0. The summed E-state index contributed by atoms with van der Waals surface area (Å²) >= 11 is 1.99. The fraction of sp³-hybridized carbons (Fsp3) is 0.462. The van der Waals surface area contributed by atoms with Crippen LogP contribution in [0.5, 0.6) is 0 Å². The molecular weight excluding hydrogens is 234 g/mol. The van der Waals surface area contributed by atoms with Crippen LogP contribution in [0.4, 0.5) is 0 Å². The predicted octanol–water partition coefficient (Wildman–Crippen LogP) is 1.98. The van der Waals surface area contributed by atoms with Crippen LogP contribution < -0.4 is 0 Å². The van der Waals surface area contributed by atoms with Gasteiger partial charge in [-0.2, -0.15) is 11.8 Å². The molecule has 0 saturated carbocycles. The van der Waals surface area contributed by atoms with Crippen molar-refractivity contribution in [3.05, 3.63) is 35.4 Å². The van der Waals surface area contributed by atoms with Crippen LogP contribution in [0.15, 0.2) is 24.3 Å². The van der Waals surface area contributed by atoms with Gasteiger partial charge in [0.2, 0.25) is 0 Å². The molecule has 17 heavy (non-hydrogen) atoms. The molecule has 0 amide bonds. The van der Waals surface area contributed by atoms with Crippen molar-refractivity contribution in [1.82, 2.24) is 4.90 Å². The monoisotopic (exact) mass is 251 g/mol.